The number of cyclic esters (lactones) is 1. The zero-order valence-electron chi connectivity index (χ0n) is 11.5. The summed E-state index contributed by atoms with van der Waals surface area (Å²) in [5, 5.41) is 0. The predicted molar refractivity (Wildman–Crippen MR) is 67.5 cm³/mol. The van der Waals surface area contributed by atoms with Crippen LogP contribution in [0.5, 0.6) is 0 Å². The molecule has 1 saturated carbocycles. The summed E-state index contributed by atoms with van der Waals surface area (Å²) in [5.41, 5.74) is 0.208. The number of esters is 2. The highest BCUT2D eigenvalue weighted by Crippen LogP contribution is 2.58. The van der Waals surface area contributed by atoms with E-state index >= 15 is 0 Å². The minimum atomic E-state index is -0.359. The van der Waals surface area contributed by atoms with E-state index in [2.05, 4.69) is 6.58 Å². The zero-order valence-corrected chi connectivity index (χ0v) is 11.5. The molecule has 20 heavy (non-hydrogen) atoms. The first kappa shape index (κ1) is 12.4. The molecule has 0 aromatic carbocycles. The van der Waals surface area contributed by atoms with Crippen LogP contribution in [0.2, 0.25) is 0 Å². The van der Waals surface area contributed by atoms with E-state index in [0.29, 0.717) is 18.8 Å². The molecule has 108 valence electrons. The molecule has 3 heterocycles. The standard InChI is InChI=1S/C15H18O5/c1-7-9-3-4-15(10-5-18-10)6-19-13(16)8(2)11(15)12(9)20-14(7)17/h7,9-12H,2-6H2,1H3/t7-,9-,10?,11+,12-,15+/m0/s1. The fraction of sp³-hybridized carbons (Fsp3) is 0.733. The van der Waals surface area contributed by atoms with Crippen LogP contribution in [0.25, 0.3) is 0 Å². The minimum absolute atomic E-state index is 0.0936. The molecule has 3 saturated heterocycles. The van der Waals surface area contributed by atoms with E-state index in [9.17, 15) is 9.59 Å². The number of ether oxygens (including phenoxy) is 3. The number of fused-ring (bicyclic) bond motifs is 3. The van der Waals surface area contributed by atoms with Crippen LogP contribution < -0.4 is 0 Å². The molecule has 5 heteroatoms. The van der Waals surface area contributed by atoms with Gasteiger partial charge in [0.05, 0.1) is 18.6 Å². The lowest BCUT2D eigenvalue weighted by Gasteiger charge is -2.50. The van der Waals surface area contributed by atoms with Gasteiger partial charge in [-0.3, -0.25) is 4.79 Å². The highest BCUT2D eigenvalue weighted by Gasteiger charge is 2.65. The molecule has 0 aromatic rings. The summed E-state index contributed by atoms with van der Waals surface area (Å²) in [4.78, 5) is 23.8. The van der Waals surface area contributed by atoms with Gasteiger partial charge in [0.15, 0.2) is 0 Å². The number of epoxide rings is 1. The van der Waals surface area contributed by atoms with Crippen LogP contribution in [0, 0.1) is 23.2 Å². The van der Waals surface area contributed by atoms with Crippen LogP contribution in [0.1, 0.15) is 19.8 Å². The van der Waals surface area contributed by atoms with Crippen LogP contribution in [-0.4, -0.2) is 37.4 Å². The monoisotopic (exact) mass is 278 g/mol. The van der Waals surface area contributed by atoms with Gasteiger partial charge in [-0.2, -0.15) is 0 Å². The van der Waals surface area contributed by atoms with Gasteiger partial charge < -0.3 is 14.2 Å². The van der Waals surface area contributed by atoms with Crippen molar-refractivity contribution in [2.24, 2.45) is 23.2 Å². The molecular formula is C15H18O5. The van der Waals surface area contributed by atoms with Crippen molar-refractivity contribution < 1.29 is 23.8 Å². The fourth-order valence-electron chi connectivity index (χ4n) is 4.40. The highest BCUT2D eigenvalue weighted by atomic mass is 16.6. The molecule has 4 rings (SSSR count). The normalized spacial score (nSPS) is 50.0. The Kier molecular flexibility index (Phi) is 2.38. The predicted octanol–water partition coefficient (Wildman–Crippen LogP) is 1.07. The van der Waals surface area contributed by atoms with E-state index in [1.165, 1.54) is 0 Å². The Hall–Kier alpha value is -1.36. The second-order valence-corrected chi connectivity index (χ2v) is 6.53. The van der Waals surface area contributed by atoms with Crippen molar-refractivity contribution >= 4 is 11.9 Å². The third-order valence-corrected chi connectivity index (χ3v) is 5.66. The topological polar surface area (TPSA) is 65.1 Å². The summed E-state index contributed by atoms with van der Waals surface area (Å²) in [7, 11) is 0. The Bertz CT molecular complexity index is 508. The lowest BCUT2D eigenvalue weighted by Crippen LogP contribution is -2.56. The quantitative estimate of drug-likeness (QED) is 0.408. The summed E-state index contributed by atoms with van der Waals surface area (Å²) in [6.45, 7) is 6.89. The summed E-state index contributed by atoms with van der Waals surface area (Å²) in [5.74, 6) is -0.573. The van der Waals surface area contributed by atoms with Crippen LogP contribution in [0.15, 0.2) is 12.2 Å². The number of carbonyl (C=O) groups excluding carboxylic acids is 2. The zero-order chi connectivity index (χ0) is 14.1. The van der Waals surface area contributed by atoms with Gasteiger partial charge in [-0.25, -0.2) is 4.79 Å². The van der Waals surface area contributed by atoms with Crippen molar-refractivity contribution in [1.82, 2.24) is 0 Å². The molecule has 5 nitrogen and oxygen atoms in total. The SMILES string of the molecule is C=C1C(=O)OC[C@@]2(C3CO3)CC[C@@H]3[C@H](OC(=O)[C@H]3C)[C@@H]12. The van der Waals surface area contributed by atoms with Crippen molar-refractivity contribution in [2.75, 3.05) is 13.2 Å². The van der Waals surface area contributed by atoms with Gasteiger partial charge in [-0.1, -0.05) is 13.5 Å². The molecule has 0 N–H and O–H groups in total. The third kappa shape index (κ3) is 1.41. The van der Waals surface area contributed by atoms with Crippen molar-refractivity contribution in [1.29, 1.82) is 0 Å². The van der Waals surface area contributed by atoms with Crippen molar-refractivity contribution in [3.8, 4) is 0 Å². The van der Waals surface area contributed by atoms with Crippen molar-refractivity contribution in [3.63, 3.8) is 0 Å². The lowest BCUT2D eigenvalue weighted by molar-refractivity contribution is -0.168. The number of hydrogen-bond acceptors (Lipinski definition) is 5. The van der Waals surface area contributed by atoms with Crippen LogP contribution in [-0.2, 0) is 23.8 Å². The number of hydrogen-bond donors (Lipinski definition) is 0. The van der Waals surface area contributed by atoms with Gasteiger partial charge in [0.2, 0.25) is 0 Å². The second kappa shape index (κ2) is 3.85. The molecule has 0 spiro atoms. The van der Waals surface area contributed by atoms with E-state index < -0.39 is 0 Å². The van der Waals surface area contributed by atoms with Crippen LogP contribution in [0.4, 0.5) is 0 Å². The summed E-state index contributed by atoms with van der Waals surface area (Å²) < 4.78 is 16.4. The molecule has 0 bridgehead atoms. The van der Waals surface area contributed by atoms with Gasteiger partial charge in [0.25, 0.3) is 0 Å². The van der Waals surface area contributed by atoms with Gasteiger partial charge in [-0.05, 0) is 12.8 Å². The first-order chi connectivity index (χ1) is 9.54. The van der Waals surface area contributed by atoms with Crippen molar-refractivity contribution in [3.05, 3.63) is 12.2 Å². The average molecular weight is 278 g/mol. The maximum atomic E-state index is 11.9. The number of carbonyl (C=O) groups is 2. The van der Waals surface area contributed by atoms with Crippen LogP contribution >= 0.6 is 0 Å². The smallest absolute Gasteiger partial charge is 0.333 e. The first-order valence-electron chi connectivity index (χ1n) is 7.22. The molecule has 0 aromatic heterocycles. The second-order valence-electron chi connectivity index (χ2n) is 6.53. The Balaban J connectivity index is 1.76. The maximum absolute atomic E-state index is 11.9. The molecule has 1 aliphatic carbocycles. The van der Waals surface area contributed by atoms with Crippen LogP contribution in [0.3, 0.4) is 0 Å². The molecule has 4 fully saturated rings. The fourth-order valence-corrected chi connectivity index (χ4v) is 4.40. The summed E-state index contributed by atoms with van der Waals surface area (Å²) >= 11 is 0. The molecule has 4 aliphatic rings. The first-order valence-corrected chi connectivity index (χ1v) is 7.22. The lowest BCUT2D eigenvalue weighted by atomic mass is 9.56. The van der Waals surface area contributed by atoms with Gasteiger partial charge in [0, 0.05) is 22.8 Å². The van der Waals surface area contributed by atoms with E-state index in [0.717, 1.165) is 12.8 Å². The Morgan fingerprint density at radius 1 is 1.35 bits per heavy atom. The Labute approximate surface area is 117 Å². The van der Waals surface area contributed by atoms with Gasteiger partial charge >= 0.3 is 11.9 Å². The Morgan fingerprint density at radius 2 is 2.10 bits per heavy atom. The minimum Gasteiger partial charge on any atom is -0.462 e. The van der Waals surface area contributed by atoms with E-state index in [1.54, 1.807) is 0 Å². The summed E-state index contributed by atoms with van der Waals surface area (Å²) in [6, 6.07) is 0. The van der Waals surface area contributed by atoms with E-state index in [-0.39, 0.29) is 47.3 Å². The molecule has 0 amide bonds. The molecule has 3 aliphatic heterocycles. The third-order valence-electron chi connectivity index (χ3n) is 5.66. The highest BCUT2D eigenvalue weighted by molar-refractivity contribution is 5.90. The average Bonchev–Trinajstić information content (AvgIpc) is 3.23. The maximum Gasteiger partial charge on any atom is 0.333 e. The number of rotatable bonds is 1. The molecular weight excluding hydrogens is 260 g/mol. The molecule has 1 unspecified atom stereocenters. The van der Waals surface area contributed by atoms with E-state index in [4.69, 9.17) is 14.2 Å². The van der Waals surface area contributed by atoms with E-state index in [1.807, 2.05) is 6.92 Å². The molecule has 0 radical (unpaired) electrons. The molecule has 6 atom stereocenters. The summed E-state index contributed by atoms with van der Waals surface area (Å²) in [6.07, 6.45) is 1.68. The largest absolute Gasteiger partial charge is 0.462 e. The van der Waals surface area contributed by atoms with Gasteiger partial charge in [0.1, 0.15) is 12.7 Å². The Morgan fingerprint density at radius 3 is 2.80 bits per heavy atom. The van der Waals surface area contributed by atoms with Crippen molar-refractivity contribution in [2.45, 2.75) is 32.0 Å². The van der Waals surface area contributed by atoms with Gasteiger partial charge in [-0.15, -0.1) is 0 Å².